The lowest BCUT2D eigenvalue weighted by Crippen LogP contribution is -2.21. The molecule has 1 unspecified atom stereocenters. The van der Waals surface area contributed by atoms with Crippen molar-refractivity contribution in [3.63, 3.8) is 0 Å². The van der Waals surface area contributed by atoms with Crippen molar-refractivity contribution in [2.45, 2.75) is 25.8 Å². The molecular formula is C15H19Cl2N3. The first-order valence-electron chi connectivity index (χ1n) is 6.69. The normalized spacial score (nSPS) is 12.7. The van der Waals surface area contributed by atoms with Gasteiger partial charge in [-0.2, -0.15) is 5.10 Å². The second-order valence-corrected chi connectivity index (χ2v) is 5.65. The van der Waals surface area contributed by atoms with E-state index < -0.39 is 0 Å². The van der Waals surface area contributed by atoms with E-state index in [2.05, 4.69) is 23.4 Å². The zero-order valence-electron chi connectivity index (χ0n) is 12.0. The summed E-state index contributed by atoms with van der Waals surface area (Å²) in [6.07, 6.45) is 1.78. The standard InChI is InChI=1S/C15H19Cl2N3/c1-4-11-9-15(20(3)19-11)14(18-2)8-10-5-6-12(16)13(17)7-10/h5-7,9,14,18H,4,8H2,1-3H3. The Kier molecular flexibility index (Phi) is 5.08. The number of likely N-dealkylation sites (N-methyl/N-ethyl adjacent to an activating group) is 1. The molecule has 1 N–H and O–H groups in total. The molecule has 108 valence electrons. The van der Waals surface area contributed by atoms with Crippen LogP contribution >= 0.6 is 23.2 Å². The van der Waals surface area contributed by atoms with Gasteiger partial charge in [0.1, 0.15) is 0 Å². The van der Waals surface area contributed by atoms with Crippen molar-refractivity contribution < 1.29 is 0 Å². The number of aromatic nitrogens is 2. The summed E-state index contributed by atoms with van der Waals surface area (Å²) < 4.78 is 1.94. The van der Waals surface area contributed by atoms with Gasteiger partial charge in [0, 0.05) is 7.05 Å². The third kappa shape index (κ3) is 3.35. The van der Waals surface area contributed by atoms with Crippen molar-refractivity contribution in [2.75, 3.05) is 7.05 Å². The zero-order valence-corrected chi connectivity index (χ0v) is 13.5. The fraction of sp³-hybridized carbons (Fsp3) is 0.400. The molecule has 2 rings (SSSR count). The Labute approximate surface area is 129 Å². The summed E-state index contributed by atoms with van der Waals surface area (Å²) in [5.41, 5.74) is 3.44. The predicted molar refractivity (Wildman–Crippen MR) is 84.6 cm³/mol. The highest BCUT2D eigenvalue weighted by atomic mass is 35.5. The number of halogens is 2. The summed E-state index contributed by atoms with van der Waals surface area (Å²) in [4.78, 5) is 0. The van der Waals surface area contributed by atoms with E-state index in [0.29, 0.717) is 10.0 Å². The van der Waals surface area contributed by atoms with Gasteiger partial charge in [-0.1, -0.05) is 36.2 Å². The Morgan fingerprint density at radius 2 is 2.00 bits per heavy atom. The molecular weight excluding hydrogens is 293 g/mol. The molecule has 3 nitrogen and oxygen atoms in total. The molecule has 1 atom stereocenters. The van der Waals surface area contributed by atoms with E-state index in [1.165, 1.54) is 5.69 Å². The molecule has 0 radical (unpaired) electrons. The summed E-state index contributed by atoms with van der Waals surface area (Å²) in [5.74, 6) is 0. The van der Waals surface area contributed by atoms with E-state index in [1.807, 2.05) is 37.0 Å². The number of nitrogens with zero attached hydrogens (tertiary/aromatic N) is 2. The van der Waals surface area contributed by atoms with Crippen LogP contribution in [0.5, 0.6) is 0 Å². The molecule has 0 saturated heterocycles. The van der Waals surface area contributed by atoms with Crippen molar-refractivity contribution >= 4 is 23.2 Å². The van der Waals surface area contributed by atoms with Gasteiger partial charge in [-0.15, -0.1) is 0 Å². The van der Waals surface area contributed by atoms with Crippen molar-refractivity contribution in [2.24, 2.45) is 7.05 Å². The first-order chi connectivity index (χ1) is 9.55. The number of hydrogen-bond donors (Lipinski definition) is 1. The van der Waals surface area contributed by atoms with Gasteiger partial charge in [-0.25, -0.2) is 0 Å². The molecule has 2 aromatic rings. The van der Waals surface area contributed by atoms with E-state index in [4.69, 9.17) is 23.2 Å². The SMILES string of the molecule is CCc1cc(C(Cc2ccc(Cl)c(Cl)c2)NC)n(C)n1. The van der Waals surface area contributed by atoms with Crippen LogP contribution in [-0.2, 0) is 19.9 Å². The molecule has 5 heteroatoms. The van der Waals surface area contributed by atoms with Gasteiger partial charge in [0.15, 0.2) is 0 Å². The highest BCUT2D eigenvalue weighted by Gasteiger charge is 2.16. The van der Waals surface area contributed by atoms with E-state index in [0.717, 1.165) is 24.1 Å². The quantitative estimate of drug-likeness (QED) is 0.910. The largest absolute Gasteiger partial charge is 0.311 e. The fourth-order valence-corrected chi connectivity index (χ4v) is 2.62. The molecule has 20 heavy (non-hydrogen) atoms. The summed E-state index contributed by atoms with van der Waals surface area (Å²) in [6.45, 7) is 2.11. The van der Waals surface area contributed by atoms with Crippen LogP contribution in [0.15, 0.2) is 24.3 Å². The van der Waals surface area contributed by atoms with Crippen LogP contribution < -0.4 is 5.32 Å². The predicted octanol–water partition coefficient (Wildman–Crippen LogP) is 3.79. The van der Waals surface area contributed by atoms with Gasteiger partial charge in [-0.05, 0) is 43.7 Å². The van der Waals surface area contributed by atoms with Gasteiger partial charge < -0.3 is 5.32 Å². The maximum Gasteiger partial charge on any atom is 0.0625 e. The van der Waals surface area contributed by atoms with Gasteiger partial charge >= 0.3 is 0 Å². The topological polar surface area (TPSA) is 29.9 Å². The Balaban J connectivity index is 2.23. The second-order valence-electron chi connectivity index (χ2n) is 4.83. The van der Waals surface area contributed by atoms with Crippen LogP contribution in [0.2, 0.25) is 10.0 Å². The zero-order chi connectivity index (χ0) is 14.7. The Hall–Kier alpha value is -1.03. The van der Waals surface area contributed by atoms with E-state index >= 15 is 0 Å². The van der Waals surface area contributed by atoms with Crippen LogP contribution in [0.4, 0.5) is 0 Å². The molecule has 0 fully saturated rings. The fourth-order valence-electron chi connectivity index (χ4n) is 2.30. The average molecular weight is 312 g/mol. The molecule has 1 heterocycles. The minimum absolute atomic E-state index is 0.199. The second kappa shape index (κ2) is 6.61. The van der Waals surface area contributed by atoms with Crippen LogP contribution in [0.1, 0.15) is 29.9 Å². The Morgan fingerprint density at radius 3 is 2.55 bits per heavy atom. The first-order valence-corrected chi connectivity index (χ1v) is 7.44. The molecule has 0 aliphatic rings. The van der Waals surface area contributed by atoms with Gasteiger partial charge in [0.05, 0.1) is 27.5 Å². The van der Waals surface area contributed by atoms with Gasteiger partial charge in [-0.3, -0.25) is 4.68 Å². The van der Waals surface area contributed by atoms with Crippen molar-refractivity contribution in [3.8, 4) is 0 Å². The van der Waals surface area contributed by atoms with Gasteiger partial charge in [0.2, 0.25) is 0 Å². The number of rotatable bonds is 5. The molecule has 0 bridgehead atoms. The molecule has 0 aliphatic carbocycles. The maximum absolute atomic E-state index is 6.07. The maximum atomic E-state index is 6.07. The van der Waals surface area contributed by atoms with E-state index in [-0.39, 0.29) is 6.04 Å². The minimum atomic E-state index is 0.199. The van der Waals surface area contributed by atoms with Crippen LogP contribution in [0, 0.1) is 0 Å². The molecule has 0 saturated carbocycles. The minimum Gasteiger partial charge on any atom is -0.311 e. The Bertz CT molecular complexity index is 593. The molecule has 0 spiro atoms. The molecule has 1 aromatic carbocycles. The third-order valence-corrected chi connectivity index (χ3v) is 4.20. The average Bonchev–Trinajstić information content (AvgIpc) is 2.81. The monoisotopic (exact) mass is 311 g/mol. The first kappa shape index (κ1) is 15.4. The van der Waals surface area contributed by atoms with Gasteiger partial charge in [0.25, 0.3) is 0 Å². The van der Waals surface area contributed by atoms with Crippen molar-refractivity contribution in [1.82, 2.24) is 15.1 Å². The number of hydrogen-bond acceptors (Lipinski definition) is 2. The van der Waals surface area contributed by atoms with E-state index in [9.17, 15) is 0 Å². The van der Waals surface area contributed by atoms with E-state index in [1.54, 1.807) is 0 Å². The summed E-state index contributed by atoms with van der Waals surface area (Å²) >= 11 is 12.0. The lowest BCUT2D eigenvalue weighted by atomic mass is 10.0. The van der Waals surface area contributed by atoms with Crippen LogP contribution in [0.3, 0.4) is 0 Å². The van der Waals surface area contributed by atoms with Crippen LogP contribution in [0.25, 0.3) is 0 Å². The molecule has 0 amide bonds. The lowest BCUT2D eigenvalue weighted by molar-refractivity contribution is 0.537. The van der Waals surface area contributed by atoms with Crippen molar-refractivity contribution in [1.29, 1.82) is 0 Å². The summed E-state index contributed by atoms with van der Waals surface area (Å²) in [7, 11) is 3.94. The summed E-state index contributed by atoms with van der Waals surface area (Å²) in [5, 5.41) is 9.03. The summed E-state index contributed by atoms with van der Waals surface area (Å²) in [6, 6.07) is 8.12. The smallest absolute Gasteiger partial charge is 0.0625 e. The number of aryl methyl sites for hydroxylation is 2. The highest BCUT2D eigenvalue weighted by Crippen LogP contribution is 2.25. The highest BCUT2D eigenvalue weighted by molar-refractivity contribution is 6.42. The molecule has 0 aliphatic heterocycles. The Morgan fingerprint density at radius 1 is 1.25 bits per heavy atom. The molecule has 1 aromatic heterocycles. The van der Waals surface area contributed by atoms with Crippen LogP contribution in [-0.4, -0.2) is 16.8 Å². The third-order valence-electron chi connectivity index (χ3n) is 3.46. The lowest BCUT2D eigenvalue weighted by Gasteiger charge is -2.17. The number of nitrogens with one attached hydrogen (secondary N) is 1. The number of benzene rings is 1. The van der Waals surface area contributed by atoms with Crippen molar-refractivity contribution in [3.05, 3.63) is 51.3 Å².